The van der Waals surface area contributed by atoms with E-state index in [9.17, 15) is 20.3 Å². The Bertz CT molecular complexity index is 1300. The van der Waals surface area contributed by atoms with Crippen molar-refractivity contribution in [3.8, 4) is 17.2 Å². The van der Waals surface area contributed by atoms with Crippen molar-refractivity contribution in [2.75, 3.05) is 23.3 Å². The van der Waals surface area contributed by atoms with Gasteiger partial charge in [-0.15, -0.1) is 0 Å². The number of nitrogens with zero attached hydrogens (tertiary/aromatic N) is 5. The molecule has 1 aliphatic heterocycles. The first-order valence-corrected chi connectivity index (χ1v) is 10.8. The van der Waals surface area contributed by atoms with Crippen molar-refractivity contribution in [3.05, 3.63) is 65.4 Å². The van der Waals surface area contributed by atoms with Crippen molar-refractivity contribution in [3.63, 3.8) is 0 Å². The number of anilines is 2. The number of aromatic nitrogens is 3. The number of carbonyl (C=O) groups excluding carboxylic acids is 1. The van der Waals surface area contributed by atoms with E-state index >= 15 is 0 Å². The van der Waals surface area contributed by atoms with E-state index in [1.165, 1.54) is 6.20 Å². The Morgan fingerprint density at radius 2 is 1.94 bits per heavy atom. The molecule has 9 nitrogen and oxygen atoms in total. The number of hydrogen-bond acceptors (Lipinski definition) is 8. The minimum absolute atomic E-state index is 0.359. The monoisotopic (exact) mass is 458 g/mol. The van der Waals surface area contributed by atoms with Gasteiger partial charge < -0.3 is 20.4 Å². The SMILES string of the molecule is Cc1ncc(NC(=O)c2ccnc(C(C)(C)O)c2)cc1-c1cnc(N2CC(C)(O)C2)c(C#N)c1. The summed E-state index contributed by atoms with van der Waals surface area (Å²) in [5.41, 5.74) is 1.83. The standard InChI is InChI=1S/C25H26N6O3/c1-15-20(18-7-17(10-26)22(29-11-18)31-13-25(4,34)14-31)9-19(12-28-15)30-23(32)16-5-6-27-21(8-16)24(2,3)33/h5-9,11-12,33-34H,13-14H2,1-4H3,(H,30,32). The fourth-order valence-electron chi connectivity index (χ4n) is 3.87. The topological polar surface area (TPSA) is 135 Å². The van der Waals surface area contributed by atoms with Crippen molar-refractivity contribution < 1.29 is 15.0 Å². The van der Waals surface area contributed by atoms with Gasteiger partial charge in [0.1, 0.15) is 17.5 Å². The quantitative estimate of drug-likeness (QED) is 0.531. The zero-order chi connectivity index (χ0) is 24.7. The Morgan fingerprint density at radius 1 is 1.21 bits per heavy atom. The summed E-state index contributed by atoms with van der Waals surface area (Å²) in [6.07, 6.45) is 4.70. The van der Waals surface area contributed by atoms with E-state index in [4.69, 9.17) is 0 Å². The van der Waals surface area contributed by atoms with Crippen LogP contribution >= 0.6 is 0 Å². The maximum absolute atomic E-state index is 12.8. The number of hydrogen-bond donors (Lipinski definition) is 3. The number of rotatable bonds is 5. The minimum atomic E-state index is -1.17. The summed E-state index contributed by atoms with van der Waals surface area (Å²) in [5, 5.41) is 32.7. The van der Waals surface area contributed by atoms with Crippen LogP contribution in [0.5, 0.6) is 0 Å². The van der Waals surface area contributed by atoms with Gasteiger partial charge in [-0.05, 0) is 52.0 Å². The first-order chi connectivity index (χ1) is 16.0. The average Bonchev–Trinajstić information content (AvgIpc) is 2.77. The zero-order valence-electron chi connectivity index (χ0n) is 19.5. The third kappa shape index (κ3) is 4.73. The molecule has 34 heavy (non-hydrogen) atoms. The van der Waals surface area contributed by atoms with Crippen LogP contribution in [0.4, 0.5) is 11.5 Å². The van der Waals surface area contributed by atoms with E-state index in [0.29, 0.717) is 47.0 Å². The highest BCUT2D eigenvalue weighted by Gasteiger charge is 2.38. The maximum atomic E-state index is 12.8. The van der Waals surface area contributed by atoms with E-state index < -0.39 is 11.2 Å². The number of aliphatic hydroxyl groups is 2. The molecule has 1 saturated heterocycles. The number of pyridine rings is 3. The van der Waals surface area contributed by atoms with E-state index in [2.05, 4.69) is 26.3 Å². The summed E-state index contributed by atoms with van der Waals surface area (Å²) in [6, 6.07) is 8.83. The Balaban J connectivity index is 1.59. The van der Waals surface area contributed by atoms with Crippen LogP contribution in [0.1, 0.15) is 48.1 Å². The lowest BCUT2D eigenvalue weighted by atomic mass is 9.96. The van der Waals surface area contributed by atoms with Crippen LogP contribution in [0.2, 0.25) is 0 Å². The molecule has 0 atom stereocenters. The highest BCUT2D eigenvalue weighted by atomic mass is 16.3. The molecule has 0 aliphatic carbocycles. The number of nitrogens with one attached hydrogen (secondary N) is 1. The molecule has 0 unspecified atom stereocenters. The Hall–Kier alpha value is -3.87. The summed E-state index contributed by atoms with van der Waals surface area (Å²) in [6.45, 7) is 7.63. The first-order valence-electron chi connectivity index (χ1n) is 10.8. The van der Waals surface area contributed by atoms with E-state index in [0.717, 1.165) is 11.3 Å². The summed E-state index contributed by atoms with van der Waals surface area (Å²) in [4.78, 5) is 27.7. The van der Waals surface area contributed by atoms with E-state index in [-0.39, 0.29) is 5.91 Å². The smallest absolute Gasteiger partial charge is 0.255 e. The summed E-state index contributed by atoms with van der Waals surface area (Å²) < 4.78 is 0. The lowest BCUT2D eigenvalue weighted by Crippen LogP contribution is -2.60. The van der Waals surface area contributed by atoms with Crippen LogP contribution in [0.15, 0.2) is 42.9 Å². The predicted octanol–water partition coefficient (Wildman–Crippen LogP) is 2.77. The van der Waals surface area contributed by atoms with Gasteiger partial charge in [0.15, 0.2) is 0 Å². The van der Waals surface area contributed by atoms with Crippen LogP contribution in [-0.2, 0) is 5.60 Å². The summed E-state index contributed by atoms with van der Waals surface area (Å²) in [7, 11) is 0. The predicted molar refractivity (Wildman–Crippen MR) is 127 cm³/mol. The first kappa shape index (κ1) is 23.3. The zero-order valence-corrected chi connectivity index (χ0v) is 19.5. The highest BCUT2D eigenvalue weighted by Crippen LogP contribution is 2.32. The average molecular weight is 459 g/mol. The third-order valence-electron chi connectivity index (χ3n) is 5.65. The van der Waals surface area contributed by atoms with Gasteiger partial charge in [0.05, 0.1) is 28.7 Å². The minimum Gasteiger partial charge on any atom is -0.386 e. The molecule has 3 aromatic rings. The van der Waals surface area contributed by atoms with Gasteiger partial charge in [-0.2, -0.15) is 5.26 Å². The molecular formula is C25H26N6O3. The van der Waals surface area contributed by atoms with Gasteiger partial charge in [0.25, 0.3) is 5.91 Å². The molecule has 0 spiro atoms. The molecule has 4 rings (SSSR count). The largest absolute Gasteiger partial charge is 0.386 e. The molecule has 4 heterocycles. The molecule has 9 heteroatoms. The maximum Gasteiger partial charge on any atom is 0.255 e. The second-order valence-electron chi connectivity index (χ2n) is 9.36. The summed E-state index contributed by atoms with van der Waals surface area (Å²) in [5.74, 6) is 0.175. The van der Waals surface area contributed by atoms with E-state index in [1.54, 1.807) is 57.4 Å². The molecule has 0 radical (unpaired) electrons. The van der Waals surface area contributed by atoms with E-state index in [1.807, 2.05) is 11.8 Å². The molecule has 174 valence electrons. The van der Waals surface area contributed by atoms with Gasteiger partial charge >= 0.3 is 0 Å². The van der Waals surface area contributed by atoms with Crippen molar-refractivity contribution in [2.45, 2.75) is 38.9 Å². The van der Waals surface area contributed by atoms with Crippen LogP contribution < -0.4 is 10.2 Å². The molecule has 3 aromatic heterocycles. The Morgan fingerprint density at radius 3 is 2.59 bits per heavy atom. The second-order valence-corrected chi connectivity index (χ2v) is 9.36. The molecule has 0 bridgehead atoms. The molecule has 1 amide bonds. The normalized spacial score (nSPS) is 14.8. The molecule has 1 aliphatic rings. The van der Waals surface area contributed by atoms with Crippen LogP contribution in [0, 0.1) is 18.3 Å². The third-order valence-corrected chi connectivity index (χ3v) is 5.65. The molecule has 3 N–H and O–H groups in total. The van der Waals surface area contributed by atoms with Crippen molar-refractivity contribution in [1.82, 2.24) is 15.0 Å². The lowest BCUT2D eigenvalue weighted by molar-refractivity contribution is 0.0305. The molecular weight excluding hydrogens is 432 g/mol. The number of carbonyl (C=O) groups is 1. The lowest BCUT2D eigenvalue weighted by Gasteiger charge is -2.45. The Labute approximate surface area is 197 Å². The number of nitriles is 1. The molecule has 0 saturated carbocycles. The fraction of sp³-hybridized carbons (Fsp3) is 0.320. The second kappa shape index (κ2) is 8.48. The fourth-order valence-corrected chi connectivity index (χ4v) is 3.87. The van der Waals surface area contributed by atoms with Crippen LogP contribution in [-0.4, -0.2) is 49.8 Å². The van der Waals surface area contributed by atoms with Crippen LogP contribution in [0.25, 0.3) is 11.1 Å². The Kier molecular flexibility index (Phi) is 5.81. The van der Waals surface area contributed by atoms with Gasteiger partial charge in [0, 0.05) is 47.9 Å². The van der Waals surface area contributed by atoms with Gasteiger partial charge in [-0.1, -0.05) is 0 Å². The molecule has 1 fully saturated rings. The molecule has 0 aromatic carbocycles. The summed E-state index contributed by atoms with van der Waals surface area (Å²) >= 11 is 0. The number of amides is 1. The number of β-amino-alcohol motifs (C(OH)–C–C–N with tert-alkyl or cyclic N) is 1. The highest BCUT2D eigenvalue weighted by molar-refractivity contribution is 6.04. The van der Waals surface area contributed by atoms with Gasteiger partial charge in [0.2, 0.25) is 0 Å². The van der Waals surface area contributed by atoms with Crippen molar-refractivity contribution in [2.24, 2.45) is 0 Å². The van der Waals surface area contributed by atoms with Crippen molar-refractivity contribution >= 4 is 17.4 Å². The van der Waals surface area contributed by atoms with Crippen molar-refractivity contribution in [1.29, 1.82) is 5.26 Å². The van der Waals surface area contributed by atoms with Gasteiger partial charge in [-0.3, -0.25) is 14.8 Å². The van der Waals surface area contributed by atoms with Gasteiger partial charge in [-0.25, -0.2) is 4.98 Å². The number of aryl methyl sites for hydroxylation is 1. The van der Waals surface area contributed by atoms with Crippen LogP contribution in [0.3, 0.4) is 0 Å².